The third-order valence-electron chi connectivity index (χ3n) is 5.07. The third kappa shape index (κ3) is 4.85. The zero-order chi connectivity index (χ0) is 24.3. The van der Waals surface area contributed by atoms with Gasteiger partial charge < -0.3 is 19.9 Å². The van der Waals surface area contributed by atoms with Crippen LogP contribution in [0, 0.1) is 0 Å². The van der Waals surface area contributed by atoms with Crippen molar-refractivity contribution >= 4 is 21.4 Å². The van der Waals surface area contributed by atoms with Gasteiger partial charge in [-0.1, -0.05) is 0 Å². The first-order valence-electron chi connectivity index (χ1n) is 10.3. The summed E-state index contributed by atoms with van der Waals surface area (Å²) < 4.78 is 32.6. The second kappa shape index (κ2) is 9.49. The maximum atomic E-state index is 13.1. The Bertz CT molecular complexity index is 1410. The van der Waals surface area contributed by atoms with Gasteiger partial charge in [0.1, 0.15) is 17.3 Å². The molecule has 4 aromatic rings. The predicted octanol–water partition coefficient (Wildman–Crippen LogP) is 2.44. The maximum Gasteiger partial charge on any atom is 0.274 e. The lowest BCUT2D eigenvalue weighted by Crippen LogP contribution is -2.17. The summed E-state index contributed by atoms with van der Waals surface area (Å²) in [6, 6.07) is 15.3. The van der Waals surface area contributed by atoms with E-state index >= 15 is 0 Å². The van der Waals surface area contributed by atoms with Gasteiger partial charge in [0.25, 0.3) is 5.91 Å². The number of aromatic nitrogens is 4. The highest BCUT2D eigenvalue weighted by atomic mass is 32.2. The number of sulfone groups is 1. The van der Waals surface area contributed by atoms with Crippen LogP contribution in [0.15, 0.2) is 72.0 Å². The highest BCUT2D eigenvalue weighted by molar-refractivity contribution is 7.90. The van der Waals surface area contributed by atoms with Crippen molar-refractivity contribution in [2.24, 2.45) is 0 Å². The molecular formula is C23H24N6O4S. The molecule has 0 aliphatic rings. The maximum absolute atomic E-state index is 13.1. The Morgan fingerprint density at radius 1 is 1.06 bits per heavy atom. The molecule has 0 saturated heterocycles. The molecule has 10 nitrogen and oxygen atoms in total. The van der Waals surface area contributed by atoms with Crippen molar-refractivity contribution in [1.82, 2.24) is 24.6 Å². The molecule has 0 saturated carbocycles. The van der Waals surface area contributed by atoms with E-state index < -0.39 is 15.7 Å². The van der Waals surface area contributed by atoms with Gasteiger partial charge in [-0.05, 0) is 55.6 Å². The standard InChI is InChI=1S/C23H24N6O4S/c1-24-15-21-25-12-13-28(21)17-6-4-16(5-7-17)26-23(30)20-14-22(34(3,31)32)27-29(20)18-8-10-19(33-2)11-9-18/h4-14,24H,15H2,1-3H3,(H,26,30). The van der Waals surface area contributed by atoms with Crippen LogP contribution in [0.1, 0.15) is 16.3 Å². The molecule has 0 radical (unpaired) electrons. The first-order chi connectivity index (χ1) is 16.3. The van der Waals surface area contributed by atoms with Gasteiger partial charge in [-0.25, -0.2) is 18.1 Å². The van der Waals surface area contributed by atoms with E-state index in [-0.39, 0.29) is 10.7 Å². The van der Waals surface area contributed by atoms with Crippen molar-refractivity contribution in [1.29, 1.82) is 0 Å². The summed E-state index contributed by atoms with van der Waals surface area (Å²) >= 11 is 0. The fraction of sp³-hybridized carbons (Fsp3) is 0.174. The topological polar surface area (TPSA) is 120 Å². The van der Waals surface area contributed by atoms with Crippen LogP contribution < -0.4 is 15.4 Å². The van der Waals surface area contributed by atoms with Crippen LogP contribution in [0.3, 0.4) is 0 Å². The van der Waals surface area contributed by atoms with E-state index in [0.29, 0.717) is 23.7 Å². The van der Waals surface area contributed by atoms with E-state index in [9.17, 15) is 13.2 Å². The average molecular weight is 481 g/mol. The summed E-state index contributed by atoms with van der Waals surface area (Å²) in [5.74, 6) is 0.988. The second-order valence-electron chi connectivity index (χ2n) is 7.49. The number of nitrogens with zero attached hydrogens (tertiary/aromatic N) is 4. The number of methoxy groups -OCH3 is 1. The number of carbonyl (C=O) groups excluding carboxylic acids is 1. The highest BCUT2D eigenvalue weighted by Gasteiger charge is 2.22. The van der Waals surface area contributed by atoms with E-state index in [2.05, 4.69) is 20.7 Å². The quantitative estimate of drug-likeness (QED) is 0.397. The SMILES string of the molecule is CNCc1nccn1-c1ccc(NC(=O)c2cc(S(C)(=O)=O)nn2-c2ccc(OC)cc2)cc1. The minimum atomic E-state index is -3.62. The van der Waals surface area contributed by atoms with E-state index in [4.69, 9.17) is 4.74 Å². The number of carbonyl (C=O) groups is 1. The molecule has 11 heteroatoms. The summed E-state index contributed by atoms with van der Waals surface area (Å²) in [5, 5.41) is 9.85. The van der Waals surface area contributed by atoms with Gasteiger partial charge in [-0.2, -0.15) is 5.10 Å². The number of anilines is 1. The zero-order valence-electron chi connectivity index (χ0n) is 18.9. The lowest BCUT2D eigenvalue weighted by molar-refractivity contribution is 0.101. The van der Waals surface area contributed by atoms with Crippen molar-refractivity contribution in [3.05, 3.63) is 78.5 Å². The molecule has 0 unspecified atom stereocenters. The van der Waals surface area contributed by atoms with Crippen LogP contribution >= 0.6 is 0 Å². The van der Waals surface area contributed by atoms with Gasteiger partial charge in [-0.15, -0.1) is 0 Å². The molecule has 2 N–H and O–H groups in total. The van der Waals surface area contributed by atoms with Crippen LogP contribution in [0.5, 0.6) is 5.75 Å². The molecule has 2 aromatic heterocycles. The summed E-state index contributed by atoms with van der Waals surface area (Å²) in [7, 11) is -0.226. The van der Waals surface area contributed by atoms with Gasteiger partial charge in [-0.3, -0.25) is 4.79 Å². The number of ether oxygens (including phenoxy) is 1. The van der Waals surface area contributed by atoms with Gasteiger partial charge in [0.05, 0.1) is 19.3 Å². The normalized spacial score (nSPS) is 11.4. The predicted molar refractivity (Wildman–Crippen MR) is 128 cm³/mol. The molecule has 0 atom stereocenters. The largest absolute Gasteiger partial charge is 0.497 e. The van der Waals surface area contributed by atoms with Gasteiger partial charge >= 0.3 is 0 Å². The Balaban J connectivity index is 1.62. The monoisotopic (exact) mass is 480 g/mol. The number of hydrogen-bond donors (Lipinski definition) is 2. The number of amides is 1. The minimum absolute atomic E-state index is 0.0839. The Morgan fingerprint density at radius 3 is 2.35 bits per heavy atom. The summed E-state index contributed by atoms with van der Waals surface area (Å²) in [6.07, 6.45) is 4.63. The Hall–Kier alpha value is -3.96. The molecule has 4 rings (SSSR count). The first-order valence-corrected chi connectivity index (χ1v) is 12.2. The molecule has 176 valence electrons. The minimum Gasteiger partial charge on any atom is -0.497 e. The first kappa shape index (κ1) is 23.2. The Kier molecular flexibility index (Phi) is 6.48. The van der Waals surface area contributed by atoms with Crippen LogP contribution in [-0.2, 0) is 16.4 Å². The lowest BCUT2D eigenvalue weighted by Gasteiger charge is -2.11. The molecular weight excluding hydrogens is 456 g/mol. The van der Waals surface area contributed by atoms with E-state index in [1.165, 1.54) is 10.7 Å². The van der Waals surface area contributed by atoms with Crippen molar-refractivity contribution in [3.8, 4) is 17.1 Å². The molecule has 2 heterocycles. The van der Waals surface area contributed by atoms with Crippen LogP contribution in [0.25, 0.3) is 11.4 Å². The van der Waals surface area contributed by atoms with Gasteiger partial charge in [0.15, 0.2) is 14.9 Å². The number of imidazole rings is 1. The fourth-order valence-electron chi connectivity index (χ4n) is 3.38. The van der Waals surface area contributed by atoms with E-state index in [1.54, 1.807) is 49.7 Å². The van der Waals surface area contributed by atoms with Gasteiger partial charge in [0.2, 0.25) is 0 Å². The Morgan fingerprint density at radius 2 is 1.74 bits per heavy atom. The van der Waals surface area contributed by atoms with Crippen LogP contribution in [-0.4, -0.2) is 54.1 Å². The summed E-state index contributed by atoms with van der Waals surface area (Å²) in [5.41, 5.74) is 2.05. The van der Waals surface area contributed by atoms with Crippen LogP contribution in [0.4, 0.5) is 5.69 Å². The third-order valence-corrected chi connectivity index (χ3v) is 6.03. The molecule has 0 aliphatic heterocycles. The number of rotatable bonds is 8. The van der Waals surface area contributed by atoms with Crippen molar-refractivity contribution in [2.75, 3.05) is 25.7 Å². The fourth-order valence-corrected chi connectivity index (χ4v) is 3.94. The molecule has 34 heavy (non-hydrogen) atoms. The Labute approximate surface area is 197 Å². The number of hydrogen-bond acceptors (Lipinski definition) is 7. The van der Waals surface area contributed by atoms with Gasteiger partial charge in [0, 0.05) is 36.1 Å². The number of nitrogens with one attached hydrogen (secondary N) is 2. The molecule has 1 amide bonds. The molecule has 0 bridgehead atoms. The molecule has 2 aromatic carbocycles. The zero-order valence-corrected chi connectivity index (χ0v) is 19.7. The average Bonchev–Trinajstić information content (AvgIpc) is 3.48. The van der Waals surface area contributed by atoms with Crippen LogP contribution in [0.2, 0.25) is 0 Å². The second-order valence-corrected chi connectivity index (χ2v) is 9.46. The summed E-state index contributed by atoms with van der Waals surface area (Å²) in [4.78, 5) is 17.4. The molecule has 0 fully saturated rings. The van der Waals surface area contributed by atoms with E-state index in [0.717, 1.165) is 17.8 Å². The van der Waals surface area contributed by atoms with Crippen molar-refractivity contribution < 1.29 is 17.9 Å². The number of benzene rings is 2. The molecule has 0 spiro atoms. The van der Waals surface area contributed by atoms with E-state index in [1.807, 2.05) is 29.9 Å². The van der Waals surface area contributed by atoms with Crippen molar-refractivity contribution in [3.63, 3.8) is 0 Å². The highest BCUT2D eigenvalue weighted by Crippen LogP contribution is 2.21. The lowest BCUT2D eigenvalue weighted by atomic mass is 10.2. The van der Waals surface area contributed by atoms with Crippen molar-refractivity contribution in [2.45, 2.75) is 11.6 Å². The molecule has 0 aliphatic carbocycles. The summed E-state index contributed by atoms with van der Waals surface area (Å²) in [6.45, 7) is 0.615. The smallest absolute Gasteiger partial charge is 0.274 e.